The molecule has 1 rings (SSSR count). The van der Waals surface area contributed by atoms with Gasteiger partial charge in [-0.3, -0.25) is 0 Å². The summed E-state index contributed by atoms with van der Waals surface area (Å²) in [6.07, 6.45) is -2.79. The molecule has 2 unspecified atom stereocenters. The van der Waals surface area contributed by atoms with Crippen molar-refractivity contribution >= 4 is 0 Å². The van der Waals surface area contributed by atoms with Crippen LogP contribution in [-0.4, -0.2) is 28.0 Å². The molecule has 1 aromatic carbocycles. The lowest BCUT2D eigenvalue weighted by Gasteiger charge is -2.18. The molecule has 0 saturated heterocycles. The van der Waals surface area contributed by atoms with Crippen LogP contribution in [-0.2, 0) is 0 Å². The Bertz CT molecular complexity index is 373. The number of hydrogen-bond acceptors (Lipinski definition) is 4. The van der Waals surface area contributed by atoms with Gasteiger partial charge in [0, 0.05) is 5.56 Å². The first kappa shape index (κ1) is 12.8. The third-order valence-corrected chi connectivity index (χ3v) is 2.24. The molecule has 1 aromatic rings. The minimum Gasteiger partial charge on any atom is -0.505 e. The van der Waals surface area contributed by atoms with Crippen LogP contribution in [0.3, 0.4) is 0 Å². The third-order valence-electron chi connectivity index (χ3n) is 2.24. The highest BCUT2D eigenvalue weighted by Gasteiger charge is 2.24. The molecular formula is C10H13F2NO3. The van der Waals surface area contributed by atoms with E-state index in [4.69, 9.17) is 10.8 Å². The van der Waals surface area contributed by atoms with E-state index in [1.165, 1.54) is 0 Å². The van der Waals surface area contributed by atoms with E-state index in [1.54, 1.807) is 0 Å². The zero-order chi connectivity index (χ0) is 12.3. The van der Waals surface area contributed by atoms with E-state index in [-0.39, 0.29) is 13.0 Å². The van der Waals surface area contributed by atoms with Crippen LogP contribution in [0.25, 0.3) is 0 Å². The average Bonchev–Trinajstić information content (AvgIpc) is 2.26. The molecule has 0 fully saturated rings. The van der Waals surface area contributed by atoms with Gasteiger partial charge in [0.1, 0.15) is 6.10 Å². The van der Waals surface area contributed by atoms with Crippen molar-refractivity contribution in [2.45, 2.75) is 18.6 Å². The minimum absolute atomic E-state index is 0.0586. The van der Waals surface area contributed by atoms with Crippen molar-refractivity contribution in [1.82, 2.24) is 0 Å². The summed E-state index contributed by atoms with van der Waals surface area (Å²) >= 11 is 0. The molecule has 90 valence electrons. The van der Waals surface area contributed by atoms with E-state index in [1.807, 2.05) is 0 Å². The zero-order valence-electron chi connectivity index (χ0n) is 8.40. The molecule has 0 bridgehead atoms. The zero-order valence-corrected chi connectivity index (χ0v) is 8.40. The lowest BCUT2D eigenvalue weighted by Crippen LogP contribution is -2.22. The van der Waals surface area contributed by atoms with E-state index in [9.17, 15) is 19.0 Å². The third kappa shape index (κ3) is 2.46. The summed E-state index contributed by atoms with van der Waals surface area (Å²) in [5, 5.41) is 27.8. The summed E-state index contributed by atoms with van der Waals surface area (Å²) in [6.45, 7) is 0.112. The van der Waals surface area contributed by atoms with Gasteiger partial charge in [-0.1, -0.05) is 0 Å². The summed E-state index contributed by atoms with van der Waals surface area (Å²) in [5.41, 5.74) is 4.75. The molecule has 2 atom stereocenters. The van der Waals surface area contributed by atoms with E-state index in [2.05, 4.69) is 0 Å². The van der Waals surface area contributed by atoms with Crippen LogP contribution in [0.1, 0.15) is 18.1 Å². The van der Waals surface area contributed by atoms with Crippen molar-refractivity contribution in [1.29, 1.82) is 0 Å². The van der Waals surface area contributed by atoms with Crippen LogP contribution in [0.5, 0.6) is 5.75 Å². The van der Waals surface area contributed by atoms with Gasteiger partial charge in [-0.25, -0.2) is 4.39 Å². The van der Waals surface area contributed by atoms with Crippen molar-refractivity contribution in [3.8, 4) is 5.75 Å². The fourth-order valence-corrected chi connectivity index (χ4v) is 1.32. The number of aromatic hydroxyl groups is 1. The number of hydrogen-bond donors (Lipinski definition) is 4. The van der Waals surface area contributed by atoms with Gasteiger partial charge in [-0.2, -0.15) is 4.39 Å². The number of phenolic OH excluding ortho intramolecular Hbond substituents is 1. The summed E-state index contributed by atoms with van der Waals surface area (Å²) in [6, 6.07) is 1.92. The number of halogens is 2. The Labute approximate surface area is 90.9 Å². The van der Waals surface area contributed by atoms with Gasteiger partial charge in [0.25, 0.3) is 0 Å². The van der Waals surface area contributed by atoms with Crippen molar-refractivity contribution in [2.24, 2.45) is 5.73 Å². The molecule has 6 heteroatoms. The summed E-state index contributed by atoms with van der Waals surface area (Å²) < 4.78 is 26.2. The van der Waals surface area contributed by atoms with Crippen molar-refractivity contribution < 1.29 is 24.1 Å². The molecule has 0 aliphatic heterocycles. The van der Waals surface area contributed by atoms with Crippen LogP contribution in [0, 0.1) is 11.6 Å². The molecule has 5 N–H and O–H groups in total. The highest BCUT2D eigenvalue weighted by molar-refractivity contribution is 5.31. The number of phenols is 1. The Morgan fingerprint density at radius 3 is 2.38 bits per heavy atom. The summed E-state index contributed by atoms with van der Waals surface area (Å²) in [7, 11) is 0. The number of rotatable bonds is 4. The second kappa shape index (κ2) is 5.20. The largest absolute Gasteiger partial charge is 0.505 e. The van der Waals surface area contributed by atoms with Crippen LogP contribution < -0.4 is 5.73 Å². The molecule has 16 heavy (non-hydrogen) atoms. The van der Waals surface area contributed by atoms with Crippen molar-refractivity contribution in [3.63, 3.8) is 0 Å². The van der Waals surface area contributed by atoms with Gasteiger partial charge < -0.3 is 21.1 Å². The normalized spacial score (nSPS) is 14.8. The van der Waals surface area contributed by atoms with Gasteiger partial charge in [0.05, 0.1) is 6.10 Å². The Balaban J connectivity index is 3.00. The molecule has 0 amide bonds. The molecule has 0 saturated carbocycles. The molecule has 4 nitrogen and oxygen atoms in total. The van der Waals surface area contributed by atoms with Gasteiger partial charge in [-0.05, 0) is 25.1 Å². The summed E-state index contributed by atoms with van der Waals surface area (Å²) in [5.74, 6) is -3.66. The molecule has 0 spiro atoms. The quantitative estimate of drug-likeness (QED) is 0.606. The van der Waals surface area contributed by atoms with Gasteiger partial charge in [0.15, 0.2) is 11.6 Å². The minimum atomic E-state index is -1.57. The van der Waals surface area contributed by atoms with Crippen molar-refractivity contribution in [2.75, 3.05) is 6.54 Å². The Hall–Kier alpha value is -1.24. The van der Waals surface area contributed by atoms with E-state index in [0.717, 1.165) is 12.1 Å². The van der Waals surface area contributed by atoms with Crippen LogP contribution in [0.4, 0.5) is 8.78 Å². The first-order chi connectivity index (χ1) is 7.49. The second-order valence-corrected chi connectivity index (χ2v) is 3.39. The highest BCUT2D eigenvalue weighted by atomic mass is 19.2. The number of aliphatic hydroxyl groups is 2. The van der Waals surface area contributed by atoms with Crippen LogP contribution >= 0.6 is 0 Å². The number of aliphatic hydroxyl groups excluding tert-OH is 2. The highest BCUT2D eigenvalue weighted by Crippen LogP contribution is 2.27. The van der Waals surface area contributed by atoms with Gasteiger partial charge >= 0.3 is 0 Å². The first-order valence-electron chi connectivity index (χ1n) is 4.72. The second-order valence-electron chi connectivity index (χ2n) is 3.39. The fraction of sp³-hybridized carbons (Fsp3) is 0.400. The Kier molecular flexibility index (Phi) is 4.17. The molecule has 0 radical (unpaired) electrons. The molecule has 0 aromatic heterocycles. The number of benzene rings is 1. The molecular weight excluding hydrogens is 220 g/mol. The lowest BCUT2D eigenvalue weighted by molar-refractivity contribution is 0.0125. The summed E-state index contributed by atoms with van der Waals surface area (Å²) in [4.78, 5) is 0. The molecule has 0 aliphatic rings. The number of nitrogens with two attached hydrogens (primary N) is 1. The van der Waals surface area contributed by atoms with Crippen molar-refractivity contribution in [3.05, 3.63) is 29.3 Å². The predicted octanol–water partition coefficient (Wildman–Crippen LogP) is 0.414. The molecule has 0 heterocycles. The Morgan fingerprint density at radius 1 is 1.19 bits per heavy atom. The predicted molar refractivity (Wildman–Crippen MR) is 52.7 cm³/mol. The maximum atomic E-state index is 13.3. The van der Waals surface area contributed by atoms with E-state index in [0.29, 0.717) is 0 Å². The Morgan fingerprint density at radius 2 is 1.81 bits per heavy atom. The topological polar surface area (TPSA) is 86.7 Å². The first-order valence-corrected chi connectivity index (χ1v) is 4.72. The van der Waals surface area contributed by atoms with Crippen LogP contribution in [0.2, 0.25) is 0 Å². The maximum absolute atomic E-state index is 13.3. The van der Waals surface area contributed by atoms with Crippen LogP contribution in [0.15, 0.2) is 12.1 Å². The maximum Gasteiger partial charge on any atom is 0.200 e. The smallest absolute Gasteiger partial charge is 0.200 e. The van der Waals surface area contributed by atoms with E-state index >= 15 is 0 Å². The van der Waals surface area contributed by atoms with Gasteiger partial charge in [-0.15, -0.1) is 0 Å². The monoisotopic (exact) mass is 233 g/mol. The SMILES string of the molecule is NCCC(O)C(O)c1ccc(O)c(F)c1F. The van der Waals surface area contributed by atoms with Gasteiger partial charge in [0.2, 0.25) is 5.82 Å². The standard InChI is InChI=1S/C10H13F2NO3/c11-8-5(1-2-6(14)9(8)12)10(16)7(15)3-4-13/h1-2,7,10,14-16H,3-4,13H2. The lowest BCUT2D eigenvalue weighted by atomic mass is 10.0. The van der Waals surface area contributed by atoms with E-state index < -0.39 is 35.2 Å². The molecule has 0 aliphatic carbocycles. The fourth-order valence-electron chi connectivity index (χ4n) is 1.32. The average molecular weight is 233 g/mol.